The maximum Gasteiger partial charge on any atom is 0.415 e. The van der Waals surface area contributed by atoms with Crippen LogP contribution in [0.2, 0.25) is 0 Å². The van der Waals surface area contributed by atoms with Crippen molar-refractivity contribution in [2.24, 2.45) is 0 Å². The van der Waals surface area contributed by atoms with Gasteiger partial charge in [-0.15, -0.1) is 0 Å². The van der Waals surface area contributed by atoms with Gasteiger partial charge in [0.15, 0.2) is 0 Å². The maximum atomic E-state index is 12.9. The second-order valence-electron chi connectivity index (χ2n) is 9.69. The van der Waals surface area contributed by atoms with Gasteiger partial charge in [0, 0.05) is 42.3 Å². The molecule has 0 N–H and O–H groups in total. The average Bonchev–Trinajstić information content (AvgIpc) is 3.32. The second kappa shape index (κ2) is 10.7. The van der Waals surface area contributed by atoms with Gasteiger partial charge in [0.1, 0.15) is 11.5 Å². The number of carbonyl (C=O) groups excluding carboxylic acids is 1. The Bertz CT molecular complexity index is 1410. The zero-order valence-electron chi connectivity index (χ0n) is 23.4. The van der Waals surface area contributed by atoms with Crippen LogP contribution in [0.15, 0.2) is 48.7 Å². The largest absolute Gasteiger partial charge is 0.497 e. The normalized spacial score (nSPS) is 11.1. The van der Waals surface area contributed by atoms with Crippen LogP contribution in [0.5, 0.6) is 11.5 Å². The van der Waals surface area contributed by atoms with Gasteiger partial charge in [0.05, 0.1) is 7.11 Å². The highest BCUT2D eigenvalue weighted by molar-refractivity contribution is 5.99. The number of carbonyl (C=O) groups is 1. The molecule has 1 heterocycles. The van der Waals surface area contributed by atoms with Crippen LogP contribution in [0.3, 0.4) is 0 Å². The molecule has 1 aromatic heterocycles. The van der Waals surface area contributed by atoms with E-state index in [1.807, 2.05) is 44.2 Å². The molecule has 5 nitrogen and oxygen atoms in total. The summed E-state index contributed by atoms with van der Waals surface area (Å²) in [6, 6.07) is 14.0. The van der Waals surface area contributed by atoms with Crippen LogP contribution < -0.4 is 9.47 Å². The van der Waals surface area contributed by atoms with E-state index in [0.29, 0.717) is 18.8 Å². The molecular formula is C32H38N2O3. The van der Waals surface area contributed by atoms with Crippen LogP contribution in [0.25, 0.3) is 22.0 Å². The van der Waals surface area contributed by atoms with E-state index < -0.39 is 0 Å². The topological polar surface area (TPSA) is 43.7 Å². The lowest BCUT2D eigenvalue weighted by molar-refractivity contribution is 0.157. The van der Waals surface area contributed by atoms with E-state index in [1.54, 1.807) is 12.0 Å². The van der Waals surface area contributed by atoms with Gasteiger partial charge in [-0.05, 0) is 118 Å². The Hall–Kier alpha value is -3.73. The average molecular weight is 499 g/mol. The minimum atomic E-state index is -0.338. The number of rotatable bonds is 7. The number of hydrogen-bond acceptors (Lipinski definition) is 3. The molecule has 0 atom stereocenters. The van der Waals surface area contributed by atoms with Gasteiger partial charge >= 0.3 is 6.09 Å². The fraction of sp³-hybridized carbons (Fsp3) is 0.344. The number of fused-ring (bicyclic) bond motifs is 1. The second-order valence-corrected chi connectivity index (χ2v) is 9.69. The molecule has 194 valence electrons. The van der Waals surface area contributed by atoms with Crippen LogP contribution >= 0.6 is 0 Å². The number of methoxy groups -OCH3 is 1. The molecular weight excluding hydrogens is 460 g/mol. The van der Waals surface area contributed by atoms with E-state index in [0.717, 1.165) is 34.3 Å². The van der Waals surface area contributed by atoms with Gasteiger partial charge in [0.2, 0.25) is 0 Å². The van der Waals surface area contributed by atoms with E-state index >= 15 is 0 Å². The monoisotopic (exact) mass is 498 g/mol. The molecule has 0 saturated heterocycles. The van der Waals surface area contributed by atoms with Crippen molar-refractivity contribution in [2.45, 2.75) is 55.0 Å². The molecule has 0 fully saturated rings. The highest BCUT2D eigenvalue weighted by atomic mass is 16.6. The van der Waals surface area contributed by atoms with Crippen LogP contribution in [-0.2, 0) is 6.54 Å². The summed E-state index contributed by atoms with van der Waals surface area (Å²) >= 11 is 0. The quantitative estimate of drug-likeness (QED) is 0.262. The SMILES string of the molecule is CCN(CC)C(=O)Oc1ccc2c(ccn2Cc2c(C)c(C)c(C)c(C)c2C)c1-c1ccc(OC)cc1. The smallest absolute Gasteiger partial charge is 0.415 e. The Labute approximate surface area is 220 Å². The number of nitrogens with zero attached hydrogens (tertiary/aromatic N) is 2. The van der Waals surface area contributed by atoms with Crippen molar-refractivity contribution in [1.82, 2.24) is 9.47 Å². The van der Waals surface area contributed by atoms with E-state index in [4.69, 9.17) is 9.47 Å². The first kappa shape index (κ1) is 26.3. The van der Waals surface area contributed by atoms with Crippen molar-refractivity contribution in [2.75, 3.05) is 20.2 Å². The zero-order chi connectivity index (χ0) is 26.9. The van der Waals surface area contributed by atoms with Gasteiger partial charge in [-0.2, -0.15) is 0 Å². The van der Waals surface area contributed by atoms with Crippen LogP contribution in [0.1, 0.15) is 47.2 Å². The molecule has 0 radical (unpaired) electrons. The predicted molar refractivity (Wildman–Crippen MR) is 152 cm³/mol. The van der Waals surface area contributed by atoms with E-state index in [1.165, 1.54) is 33.4 Å². The minimum absolute atomic E-state index is 0.338. The Morgan fingerprint density at radius 2 is 1.41 bits per heavy atom. The predicted octanol–water partition coefficient (Wildman–Crippen LogP) is 7.75. The summed E-state index contributed by atoms with van der Waals surface area (Å²) in [5.74, 6) is 1.34. The maximum absolute atomic E-state index is 12.9. The molecule has 0 aliphatic rings. The van der Waals surface area contributed by atoms with Gasteiger partial charge in [-0.25, -0.2) is 4.79 Å². The first-order chi connectivity index (χ1) is 17.7. The molecule has 0 unspecified atom stereocenters. The van der Waals surface area contributed by atoms with Gasteiger partial charge < -0.3 is 18.9 Å². The summed E-state index contributed by atoms with van der Waals surface area (Å²) in [6.07, 6.45) is 1.80. The van der Waals surface area contributed by atoms with E-state index in [9.17, 15) is 4.79 Å². The summed E-state index contributed by atoms with van der Waals surface area (Å²) in [7, 11) is 1.66. The number of benzene rings is 3. The molecule has 1 amide bonds. The number of hydrogen-bond donors (Lipinski definition) is 0. The molecule has 0 spiro atoms. The first-order valence-electron chi connectivity index (χ1n) is 13.0. The third-order valence-corrected chi connectivity index (χ3v) is 8.00. The van der Waals surface area contributed by atoms with Crippen molar-refractivity contribution < 1.29 is 14.3 Å². The Morgan fingerprint density at radius 1 is 0.811 bits per heavy atom. The lowest BCUT2D eigenvalue weighted by Crippen LogP contribution is -2.33. The standard InChI is InChI=1S/C32H38N2O3/c1-9-33(10-2)32(35)37-30-16-15-29-27(31(30)25-11-13-26(36-8)14-12-25)17-18-34(29)19-28-23(6)21(4)20(3)22(5)24(28)7/h11-18H,9-10,19H2,1-8H3. The lowest BCUT2D eigenvalue weighted by Gasteiger charge is -2.21. The summed E-state index contributed by atoms with van der Waals surface area (Å²) in [5.41, 5.74) is 11.1. The highest BCUT2D eigenvalue weighted by Crippen LogP contribution is 2.39. The third-order valence-electron chi connectivity index (χ3n) is 8.00. The third kappa shape index (κ3) is 4.83. The fourth-order valence-corrected chi connectivity index (χ4v) is 5.16. The minimum Gasteiger partial charge on any atom is -0.497 e. The molecule has 0 aliphatic heterocycles. The van der Waals surface area contributed by atoms with E-state index in [-0.39, 0.29) is 6.09 Å². The van der Waals surface area contributed by atoms with Crippen molar-refractivity contribution >= 4 is 17.0 Å². The number of ether oxygens (including phenoxy) is 2. The molecule has 0 aliphatic carbocycles. The van der Waals surface area contributed by atoms with Crippen LogP contribution in [0, 0.1) is 34.6 Å². The molecule has 3 aromatic carbocycles. The van der Waals surface area contributed by atoms with Gasteiger partial charge in [0.25, 0.3) is 0 Å². The lowest BCUT2D eigenvalue weighted by atomic mass is 9.89. The number of aromatic nitrogens is 1. The summed E-state index contributed by atoms with van der Waals surface area (Å²) < 4.78 is 13.6. The van der Waals surface area contributed by atoms with E-state index in [2.05, 4.69) is 57.5 Å². The van der Waals surface area contributed by atoms with Crippen LogP contribution in [0.4, 0.5) is 4.79 Å². The highest BCUT2D eigenvalue weighted by Gasteiger charge is 2.20. The van der Waals surface area contributed by atoms with Crippen molar-refractivity contribution in [3.63, 3.8) is 0 Å². The summed E-state index contributed by atoms with van der Waals surface area (Å²) in [5, 5.41) is 1.05. The zero-order valence-corrected chi connectivity index (χ0v) is 23.4. The molecule has 37 heavy (non-hydrogen) atoms. The summed E-state index contributed by atoms with van der Waals surface area (Å²) in [4.78, 5) is 14.6. The fourth-order valence-electron chi connectivity index (χ4n) is 5.16. The van der Waals surface area contributed by atoms with Gasteiger partial charge in [-0.1, -0.05) is 12.1 Å². The molecule has 5 heteroatoms. The first-order valence-corrected chi connectivity index (χ1v) is 13.0. The Kier molecular flexibility index (Phi) is 7.63. The molecule has 0 bridgehead atoms. The molecule has 4 rings (SSSR count). The molecule has 4 aromatic rings. The van der Waals surface area contributed by atoms with Crippen molar-refractivity contribution in [1.29, 1.82) is 0 Å². The summed E-state index contributed by atoms with van der Waals surface area (Å²) in [6.45, 7) is 17.0. The van der Waals surface area contributed by atoms with Crippen molar-refractivity contribution in [3.05, 3.63) is 82.0 Å². The van der Waals surface area contributed by atoms with Crippen LogP contribution in [-0.4, -0.2) is 35.8 Å². The Morgan fingerprint density at radius 3 is 1.97 bits per heavy atom. The Balaban J connectivity index is 1.86. The van der Waals surface area contributed by atoms with Crippen molar-refractivity contribution in [3.8, 4) is 22.6 Å². The number of amides is 1. The van der Waals surface area contributed by atoms with Gasteiger partial charge in [-0.3, -0.25) is 0 Å². The molecule has 0 saturated carbocycles.